The molecule has 0 heterocycles. The molecule has 70 valence electrons. The molecule has 0 aromatic heterocycles. The molecular weight excluding hydrogens is 144 g/mol. The van der Waals surface area contributed by atoms with E-state index in [2.05, 4.69) is 46.4 Å². The third kappa shape index (κ3) is 5.17. The van der Waals surface area contributed by atoms with Crippen LogP contribution in [0.2, 0.25) is 0 Å². The van der Waals surface area contributed by atoms with Crippen LogP contribution < -0.4 is 0 Å². The minimum atomic E-state index is 0.668. The van der Waals surface area contributed by atoms with Gasteiger partial charge >= 0.3 is 0 Å². The first-order valence-corrected chi connectivity index (χ1v) is 4.86. The molecule has 0 aliphatic rings. The molecule has 0 aromatic carbocycles. The van der Waals surface area contributed by atoms with E-state index in [4.69, 9.17) is 0 Å². The van der Waals surface area contributed by atoms with Gasteiger partial charge in [0.15, 0.2) is 0 Å². The van der Waals surface area contributed by atoms with Crippen molar-refractivity contribution >= 4 is 0 Å². The Labute approximate surface area is 77.4 Å². The molecule has 0 aromatic rings. The molecule has 0 amide bonds. The summed E-state index contributed by atoms with van der Waals surface area (Å²) in [5.74, 6) is 1.45. The molecule has 1 atom stereocenters. The first-order valence-electron chi connectivity index (χ1n) is 4.86. The fraction of sp³-hybridized carbons (Fsp3) is 0.667. The Morgan fingerprint density at radius 1 is 1.33 bits per heavy atom. The molecule has 0 nitrogen and oxygen atoms in total. The summed E-state index contributed by atoms with van der Waals surface area (Å²) in [6.07, 6.45) is 6.58. The van der Waals surface area contributed by atoms with Crippen LogP contribution in [0.15, 0.2) is 24.3 Å². The highest BCUT2D eigenvalue weighted by atomic mass is 14.1. The molecule has 0 heteroatoms. The van der Waals surface area contributed by atoms with Crippen LogP contribution in [0, 0.1) is 11.8 Å². The maximum absolute atomic E-state index is 4.09. The number of hydrogen-bond donors (Lipinski definition) is 0. The zero-order valence-electron chi connectivity index (χ0n) is 8.93. The minimum Gasteiger partial charge on any atom is -0.0993 e. The second kappa shape index (κ2) is 6.05. The van der Waals surface area contributed by atoms with Crippen molar-refractivity contribution in [2.45, 2.75) is 40.5 Å². The molecule has 0 aliphatic carbocycles. The Morgan fingerprint density at radius 3 is 2.33 bits per heavy atom. The molecule has 0 spiro atoms. The largest absolute Gasteiger partial charge is 0.0993 e. The zero-order chi connectivity index (χ0) is 9.56. The lowest BCUT2D eigenvalue weighted by Crippen LogP contribution is -2.02. The lowest BCUT2D eigenvalue weighted by molar-refractivity contribution is 0.482. The minimum absolute atomic E-state index is 0.668. The van der Waals surface area contributed by atoms with Crippen molar-refractivity contribution in [1.82, 2.24) is 0 Å². The summed E-state index contributed by atoms with van der Waals surface area (Å²) < 4.78 is 0. The van der Waals surface area contributed by atoms with Crippen molar-refractivity contribution in [2.75, 3.05) is 0 Å². The summed E-state index contributed by atoms with van der Waals surface area (Å²) in [7, 11) is 0. The summed E-state index contributed by atoms with van der Waals surface area (Å²) in [6, 6.07) is 0. The third-order valence-electron chi connectivity index (χ3n) is 2.14. The Kier molecular flexibility index (Phi) is 5.79. The van der Waals surface area contributed by atoms with Crippen LogP contribution in [0.25, 0.3) is 0 Å². The fourth-order valence-electron chi connectivity index (χ4n) is 1.34. The van der Waals surface area contributed by atoms with Gasteiger partial charge in [0.1, 0.15) is 0 Å². The average molecular weight is 166 g/mol. The monoisotopic (exact) mass is 166 g/mol. The normalized spacial score (nSPS) is 14.1. The van der Waals surface area contributed by atoms with E-state index in [9.17, 15) is 0 Å². The number of rotatable bonds is 5. The van der Waals surface area contributed by atoms with Crippen molar-refractivity contribution in [1.29, 1.82) is 0 Å². The lowest BCUT2D eigenvalue weighted by atomic mass is 9.91. The fourth-order valence-corrected chi connectivity index (χ4v) is 1.34. The van der Waals surface area contributed by atoms with Crippen LogP contribution in [-0.2, 0) is 0 Å². The van der Waals surface area contributed by atoms with E-state index in [0.717, 1.165) is 12.3 Å². The maximum Gasteiger partial charge on any atom is -0.0139 e. The van der Waals surface area contributed by atoms with Gasteiger partial charge in [-0.1, -0.05) is 45.1 Å². The van der Waals surface area contributed by atoms with E-state index >= 15 is 0 Å². The van der Waals surface area contributed by atoms with Crippen molar-refractivity contribution in [3.05, 3.63) is 24.3 Å². The van der Waals surface area contributed by atoms with Gasteiger partial charge in [-0.3, -0.25) is 0 Å². The lowest BCUT2D eigenvalue weighted by Gasteiger charge is -2.15. The summed E-state index contributed by atoms with van der Waals surface area (Å²) in [4.78, 5) is 0. The molecule has 1 unspecified atom stereocenters. The van der Waals surface area contributed by atoms with Gasteiger partial charge in [-0.15, -0.1) is 0 Å². The highest BCUT2D eigenvalue weighted by molar-refractivity contribution is 5.05. The van der Waals surface area contributed by atoms with Gasteiger partial charge in [0.2, 0.25) is 0 Å². The SMILES string of the molecule is C=C(C/C=C\C)C(C)CC(C)C. The predicted molar refractivity (Wildman–Crippen MR) is 57.2 cm³/mol. The van der Waals surface area contributed by atoms with Crippen LogP contribution in [0.5, 0.6) is 0 Å². The Bertz CT molecular complexity index is 151. The van der Waals surface area contributed by atoms with E-state index in [0.29, 0.717) is 5.92 Å². The van der Waals surface area contributed by atoms with Crippen molar-refractivity contribution in [3.63, 3.8) is 0 Å². The van der Waals surface area contributed by atoms with Crippen LogP contribution in [0.1, 0.15) is 40.5 Å². The van der Waals surface area contributed by atoms with Crippen molar-refractivity contribution in [2.24, 2.45) is 11.8 Å². The number of allylic oxidation sites excluding steroid dienone is 3. The Balaban J connectivity index is 3.76. The second-order valence-electron chi connectivity index (χ2n) is 3.96. The van der Waals surface area contributed by atoms with Gasteiger partial charge in [-0.05, 0) is 31.6 Å². The van der Waals surface area contributed by atoms with Gasteiger partial charge in [0.25, 0.3) is 0 Å². The highest BCUT2D eigenvalue weighted by Crippen LogP contribution is 2.20. The van der Waals surface area contributed by atoms with Crippen LogP contribution >= 0.6 is 0 Å². The van der Waals surface area contributed by atoms with E-state index in [1.165, 1.54) is 12.0 Å². The average Bonchev–Trinajstić information content (AvgIpc) is 1.98. The summed E-state index contributed by atoms with van der Waals surface area (Å²) in [5, 5.41) is 0. The summed E-state index contributed by atoms with van der Waals surface area (Å²) in [6.45, 7) is 12.9. The quantitative estimate of drug-likeness (QED) is 0.537. The molecule has 0 saturated heterocycles. The molecule has 12 heavy (non-hydrogen) atoms. The van der Waals surface area contributed by atoms with E-state index < -0.39 is 0 Å². The van der Waals surface area contributed by atoms with Gasteiger partial charge in [0, 0.05) is 0 Å². The highest BCUT2D eigenvalue weighted by Gasteiger charge is 2.06. The predicted octanol–water partition coefficient (Wildman–Crippen LogP) is 4.19. The van der Waals surface area contributed by atoms with E-state index in [-0.39, 0.29) is 0 Å². The molecule has 0 rings (SSSR count). The molecule has 0 N–H and O–H groups in total. The first-order chi connectivity index (χ1) is 5.57. The van der Waals surface area contributed by atoms with E-state index in [1.807, 2.05) is 0 Å². The molecule has 0 bridgehead atoms. The van der Waals surface area contributed by atoms with Gasteiger partial charge < -0.3 is 0 Å². The standard InChI is InChI=1S/C12H22/c1-6-7-8-11(4)12(5)9-10(2)3/h6-7,10,12H,4,8-9H2,1-3,5H3/b7-6-. The maximum atomic E-state index is 4.09. The van der Waals surface area contributed by atoms with E-state index in [1.54, 1.807) is 0 Å². The zero-order valence-corrected chi connectivity index (χ0v) is 8.93. The topological polar surface area (TPSA) is 0 Å². The van der Waals surface area contributed by atoms with Gasteiger partial charge in [0.05, 0.1) is 0 Å². The third-order valence-corrected chi connectivity index (χ3v) is 2.14. The molecular formula is C12H22. The van der Waals surface area contributed by atoms with Crippen molar-refractivity contribution < 1.29 is 0 Å². The van der Waals surface area contributed by atoms with Gasteiger partial charge in [-0.2, -0.15) is 0 Å². The van der Waals surface area contributed by atoms with Crippen LogP contribution in [0.4, 0.5) is 0 Å². The Morgan fingerprint density at radius 2 is 1.92 bits per heavy atom. The number of hydrogen-bond acceptors (Lipinski definition) is 0. The molecule has 0 radical (unpaired) electrons. The molecule has 0 aliphatic heterocycles. The molecule has 0 saturated carbocycles. The van der Waals surface area contributed by atoms with Crippen LogP contribution in [-0.4, -0.2) is 0 Å². The Hall–Kier alpha value is -0.520. The van der Waals surface area contributed by atoms with Crippen LogP contribution in [0.3, 0.4) is 0 Å². The second-order valence-corrected chi connectivity index (χ2v) is 3.96. The van der Waals surface area contributed by atoms with Crippen molar-refractivity contribution in [3.8, 4) is 0 Å². The van der Waals surface area contributed by atoms with Gasteiger partial charge in [-0.25, -0.2) is 0 Å². The first kappa shape index (κ1) is 11.5. The summed E-state index contributed by atoms with van der Waals surface area (Å²) in [5.41, 5.74) is 1.36. The molecule has 0 fully saturated rings. The summed E-state index contributed by atoms with van der Waals surface area (Å²) >= 11 is 0. The smallest absolute Gasteiger partial charge is 0.0139 e.